The lowest BCUT2D eigenvalue weighted by Gasteiger charge is -2.36. The van der Waals surface area contributed by atoms with Crippen LogP contribution in [0.25, 0.3) is 0 Å². The lowest BCUT2D eigenvalue weighted by atomic mass is 10.1. The normalized spacial score (nSPS) is 17.7. The number of anilines is 1. The second-order valence-corrected chi connectivity index (χ2v) is 15.7. The van der Waals surface area contributed by atoms with Gasteiger partial charge in [-0.1, -0.05) is 6.07 Å². The Morgan fingerprint density at radius 1 is 1.02 bits per heavy atom. The van der Waals surface area contributed by atoms with Gasteiger partial charge in [-0.3, -0.25) is 13.9 Å². The summed E-state index contributed by atoms with van der Waals surface area (Å²) in [5.74, 6) is -3.47. The summed E-state index contributed by atoms with van der Waals surface area (Å²) in [5.41, 5.74) is -2.31. The zero-order valence-electron chi connectivity index (χ0n) is 23.6. The topological polar surface area (TPSA) is 124 Å². The predicted octanol–water partition coefficient (Wildman–Crippen LogP) is 4.61. The van der Waals surface area contributed by atoms with Gasteiger partial charge in [0, 0.05) is 6.42 Å². The number of ketones is 1. The Hall–Kier alpha value is -3.20. The molecule has 1 aliphatic carbocycles. The van der Waals surface area contributed by atoms with Crippen molar-refractivity contribution in [3.8, 4) is 5.75 Å². The van der Waals surface area contributed by atoms with Crippen molar-refractivity contribution in [3.05, 3.63) is 53.3 Å². The van der Waals surface area contributed by atoms with Crippen LogP contribution in [0.2, 0.25) is 0 Å². The van der Waals surface area contributed by atoms with Crippen LogP contribution in [0.3, 0.4) is 0 Å². The quantitative estimate of drug-likeness (QED) is 0.270. The summed E-state index contributed by atoms with van der Waals surface area (Å²) in [7, 11) is -8.32. The number of carbonyl (C=O) groups is 2. The number of esters is 1. The average Bonchev–Trinajstić information content (AvgIpc) is 3.71. The molecule has 0 saturated heterocycles. The van der Waals surface area contributed by atoms with Crippen LogP contribution in [0.1, 0.15) is 57.6 Å². The van der Waals surface area contributed by atoms with Crippen LogP contribution in [0.15, 0.2) is 41.3 Å². The van der Waals surface area contributed by atoms with E-state index in [1.165, 1.54) is 18.2 Å². The zero-order chi connectivity index (χ0) is 32.0. The van der Waals surface area contributed by atoms with Gasteiger partial charge in [-0.15, -0.1) is 0 Å². The summed E-state index contributed by atoms with van der Waals surface area (Å²) in [6, 6.07) is 5.52. The fourth-order valence-electron chi connectivity index (χ4n) is 4.56. The molecule has 0 bridgehead atoms. The van der Waals surface area contributed by atoms with Crippen molar-refractivity contribution < 1.29 is 53.5 Å². The minimum Gasteiger partial charge on any atom is -0.486 e. The Morgan fingerprint density at radius 2 is 1.70 bits per heavy atom. The van der Waals surface area contributed by atoms with Gasteiger partial charge in [0.15, 0.2) is 9.84 Å². The van der Waals surface area contributed by atoms with Crippen molar-refractivity contribution in [2.75, 3.05) is 16.6 Å². The molecule has 0 radical (unpaired) electrons. The highest BCUT2D eigenvalue weighted by Gasteiger charge is 2.40. The molecule has 43 heavy (non-hydrogen) atoms. The first-order chi connectivity index (χ1) is 19.8. The summed E-state index contributed by atoms with van der Waals surface area (Å²) in [5, 5.41) is -0.526. The van der Waals surface area contributed by atoms with E-state index in [1.807, 2.05) is 0 Å². The average molecular weight is 650 g/mol. The molecule has 15 heteroatoms. The van der Waals surface area contributed by atoms with Gasteiger partial charge in [0.05, 0.1) is 34.4 Å². The molecule has 1 atom stereocenters. The number of sulfone groups is 1. The number of halogens is 4. The summed E-state index contributed by atoms with van der Waals surface area (Å²) < 4.78 is 118. The van der Waals surface area contributed by atoms with Crippen LogP contribution in [0.4, 0.5) is 23.2 Å². The van der Waals surface area contributed by atoms with Crippen LogP contribution in [0.5, 0.6) is 5.75 Å². The third-order valence-corrected chi connectivity index (χ3v) is 10.7. The Morgan fingerprint density at radius 3 is 2.30 bits per heavy atom. The maximum atomic E-state index is 14.0. The van der Waals surface area contributed by atoms with Crippen molar-refractivity contribution >= 4 is 37.3 Å². The first-order valence-corrected chi connectivity index (χ1v) is 16.6. The summed E-state index contributed by atoms with van der Waals surface area (Å²) >= 11 is 0. The number of fused-ring (bicyclic) bond motifs is 1. The lowest BCUT2D eigenvalue weighted by Crippen LogP contribution is -2.44. The van der Waals surface area contributed by atoms with Gasteiger partial charge in [0.2, 0.25) is 0 Å². The molecule has 2 aliphatic rings. The maximum absolute atomic E-state index is 14.0. The van der Waals surface area contributed by atoms with Gasteiger partial charge in [0.1, 0.15) is 34.8 Å². The van der Waals surface area contributed by atoms with E-state index in [1.54, 1.807) is 20.8 Å². The Kier molecular flexibility index (Phi) is 8.91. The number of nitrogens with zero attached hydrogens (tertiary/aromatic N) is 1. The fourth-order valence-corrected chi connectivity index (χ4v) is 7.77. The molecule has 9 nitrogen and oxygen atoms in total. The number of Topliss-reactive ketones (excluding diaryl/α,β-unsaturated/α-hetero) is 1. The lowest BCUT2D eigenvalue weighted by molar-refractivity contribution is -0.154. The van der Waals surface area contributed by atoms with E-state index in [4.69, 9.17) is 9.47 Å². The molecule has 0 unspecified atom stereocenters. The highest BCUT2D eigenvalue weighted by molar-refractivity contribution is 7.93. The molecule has 236 valence electrons. The molecule has 1 saturated carbocycles. The number of carbonyl (C=O) groups excluding carboxylic acids is 2. The highest BCUT2D eigenvalue weighted by Crippen LogP contribution is 2.40. The number of rotatable bonds is 10. The minimum absolute atomic E-state index is 0.00368. The van der Waals surface area contributed by atoms with E-state index in [0.29, 0.717) is 30.5 Å². The van der Waals surface area contributed by atoms with E-state index in [9.17, 15) is 44.0 Å². The number of ether oxygens (including phenoxy) is 2. The molecule has 2 aromatic carbocycles. The molecule has 1 heterocycles. The Balaban J connectivity index is 1.65. The van der Waals surface area contributed by atoms with Gasteiger partial charge in [0.25, 0.3) is 10.0 Å². The Bertz CT molecular complexity index is 1630. The van der Waals surface area contributed by atoms with Crippen LogP contribution in [-0.4, -0.2) is 57.8 Å². The monoisotopic (exact) mass is 649 g/mol. The standard InChI is InChI=1S/C28H31F4NO8S2/c1-27(2,3)41-26(35)13-17-4-11-25-24(12-17)33(43(38,39)21-9-10-23(29)22(14-21)28(30,31)32)15-19(40-25)6-5-18(34)16-42(36,37)20-7-8-20/h4,9-12,14,19-20H,5-8,13,15-16H2,1-3H3/t19-/m0/s1. The van der Waals surface area contributed by atoms with Crippen LogP contribution < -0.4 is 9.04 Å². The molecule has 2 aromatic rings. The minimum atomic E-state index is -5.16. The van der Waals surface area contributed by atoms with Crippen molar-refractivity contribution in [3.63, 3.8) is 0 Å². The first-order valence-electron chi connectivity index (χ1n) is 13.4. The number of benzene rings is 2. The highest BCUT2D eigenvalue weighted by atomic mass is 32.2. The number of alkyl halides is 3. The SMILES string of the molecule is CC(C)(C)OC(=O)Cc1ccc2c(c1)N(S(=O)(=O)c1ccc(F)c(C(F)(F)F)c1)C[C@H](CCC(=O)CS(=O)(=O)C1CC1)O2. The van der Waals surface area contributed by atoms with Gasteiger partial charge in [-0.05, 0) is 75.9 Å². The van der Waals surface area contributed by atoms with Gasteiger partial charge in [-0.2, -0.15) is 13.2 Å². The largest absolute Gasteiger partial charge is 0.486 e. The van der Waals surface area contributed by atoms with Gasteiger partial charge in [-0.25, -0.2) is 21.2 Å². The third-order valence-electron chi connectivity index (χ3n) is 6.69. The van der Waals surface area contributed by atoms with E-state index >= 15 is 0 Å². The van der Waals surface area contributed by atoms with E-state index in [0.717, 1.165) is 4.31 Å². The molecule has 0 aromatic heterocycles. The van der Waals surface area contributed by atoms with Gasteiger partial charge < -0.3 is 9.47 Å². The van der Waals surface area contributed by atoms with E-state index < -0.39 is 83.3 Å². The van der Waals surface area contributed by atoms with Gasteiger partial charge >= 0.3 is 12.1 Å². The molecule has 0 N–H and O–H groups in total. The molecule has 0 amide bonds. The van der Waals surface area contributed by atoms with Crippen LogP contribution >= 0.6 is 0 Å². The van der Waals surface area contributed by atoms with Crippen molar-refractivity contribution in [2.24, 2.45) is 0 Å². The van der Waals surface area contributed by atoms with E-state index in [-0.39, 0.29) is 36.8 Å². The Labute approximate surface area is 247 Å². The molecule has 1 fully saturated rings. The maximum Gasteiger partial charge on any atom is 0.419 e. The number of hydrogen-bond acceptors (Lipinski definition) is 8. The van der Waals surface area contributed by atoms with E-state index in [2.05, 4.69) is 0 Å². The van der Waals surface area contributed by atoms with Crippen molar-refractivity contribution in [1.29, 1.82) is 0 Å². The molecule has 1 aliphatic heterocycles. The fraction of sp³-hybridized carbons (Fsp3) is 0.500. The predicted molar refractivity (Wildman–Crippen MR) is 147 cm³/mol. The van der Waals surface area contributed by atoms with Crippen molar-refractivity contribution in [1.82, 2.24) is 0 Å². The molecule has 4 rings (SSSR count). The van der Waals surface area contributed by atoms with Crippen LogP contribution in [-0.2, 0) is 46.8 Å². The molecule has 0 spiro atoms. The smallest absolute Gasteiger partial charge is 0.419 e. The number of hydrogen-bond donors (Lipinski definition) is 0. The summed E-state index contributed by atoms with van der Waals surface area (Å²) in [4.78, 5) is 24.0. The first kappa shape index (κ1) is 32.7. The third kappa shape index (κ3) is 8.05. The van der Waals surface area contributed by atoms with Crippen molar-refractivity contribution in [2.45, 2.75) is 80.9 Å². The second kappa shape index (κ2) is 11.7. The molecular weight excluding hydrogens is 618 g/mol. The second-order valence-electron chi connectivity index (χ2n) is 11.6. The number of sulfonamides is 1. The summed E-state index contributed by atoms with van der Waals surface area (Å²) in [6.07, 6.45) is -5.72. The molecular formula is C28H31F4NO8S2. The summed E-state index contributed by atoms with van der Waals surface area (Å²) in [6.45, 7) is 4.56. The zero-order valence-corrected chi connectivity index (χ0v) is 25.2. The van der Waals surface area contributed by atoms with Crippen LogP contribution in [0, 0.1) is 5.82 Å².